The van der Waals surface area contributed by atoms with E-state index in [1.54, 1.807) is 18.2 Å². The number of nitro groups is 1. The van der Waals surface area contributed by atoms with Crippen molar-refractivity contribution in [3.63, 3.8) is 0 Å². The summed E-state index contributed by atoms with van der Waals surface area (Å²) in [6.07, 6.45) is -0.603. The van der Waals surface area contributed by atoms with Crippen molar-refractivity contribution in [2.75, 3.05) is 5.32 Å². The maximum atomic E-state index is 12.7. The van der Waals surface area contributed by atoms with Crippen molar-refractivity contribution < 1.29 is 24.0 Å². The number of nitrogens with one attached hydrogen (secondary N) is 1. The first-order valence-corrected chi connectivity index (χ1v) is 8.62. The van der Waals surface area contributed by atoms with Gasteiger partial charge in [0.1, 0.15) is 5.58 Å². The molecule has 0 radical (unpaired) electrons. The molecule has 1 unspecified atom stereocenters. The lowest BCUT2D eigenvalue weighted by Gasteiger charge is -2.19. The molecule has 0 bridgehead atoms. The Morgan fingerprint density at radius 3 is 2.78 bits per heavy atom. The number of carbonyl (C=O) groups is 2. The number of Topliss-reactive ketones (excluding diaryl/α,β-unsaturated/α-hetero) is 1. The molecule has 136 valence electrons. The third-order valence-corrected chi connectivity index (χ3v) is 4.95. The molecule has 2 N–H and O–H groups in total. The molecule has 4 rings (SSSR count). The monoisotopic (exact) mass is 430 g/mol. The number of furan rings is 1. The topological polar surface area (TPSA) is 123 Å². The van der Waals surface area contributed by atoms with Crippen molar-refractivity contribution in [2.24, 2.45) is 0 Å². The van der Waals surface area contributed by atoms with Crippen LogP contribution in [0.5, 0.6) is 0 Å². The van der Waals surface area contributed by atoms with Gasteiger partial charge in [-0.05, 0) is 30.3 Å². The van der Waals surface area contributed by atoms with Gasteiger partial charge in [-0.3, -0.25) is 19.7 Å². The summed E-state index contributed by atoms with van der Waals surface area (Å²) in [5.74, 6) is -1.42. The highest BCUT2D eigenvalue weighted by molar-refractivity contribution is 9.10. The Kier molecular flexibility index (Phi) is 3.86. The summed E-state index contributed by atoms with van der Waals surface area (Å²) in [5.41, 5.74) is -1.79. The molecule has 0 fully saturated rings. The molecule has 9 heteroatoms. The zero-order valence-electron chi connectivity index (χ0n) is 13.6. The standard InChI is InChI=1S/C18H11BrN2O6/c19-10-1-4-15-9(5-10)6-16(27-15)14(22)8-18(24)12-7-11(21(25)26)2-3-13(12)20-17(18)23/h1-7,24H,8H2,(H,20,23). The number of benzene rings is 2. The highest BCUT2D eigenvalue weighted by Gasteiger charge is 2.48. The number of hydrogen-bond acceptors (Lipinski definition) is 6. The predicted molar refractivity (Wildman–Crippen MR) is 98.5 cm³/mol. The van der Waals surface area contributed by atoms with Gasteiger partial charge in [-0.1, -0.05) is 15.9 Å². The molecule has 27 heavy (non-hydrogen) atoms. The average molecular weight is 431 g/mol. The van der Waals surface area contributed by atoms with E-state index in [9.17, 15) is 24.8 Å². The quantitative estimate of drug-likeness (QED) is 0.370. The van der Waals surface area contributed by atoms with Crippen LogP contribution in [0.25, 0.3) is 11.0 Å². The highest BCUT2D eigenvalue weighted by Crippen LogP contribution is 2.41. The lowest BCUT2D eigenvalue weighted by molar-refractivity contribution is -0.385. The molecule has 2 heterocycles. The smallest absolute Gasteiger partial charge is 0.269 e. The molecule has 0 saturated heterocycles. The number of nitro benzene ring substituents is 1. The van der Waals surface area contributed by atoms with Gasteiger partial charge in [0, 0.05) is 33.2 Å². The van der Waals surface area contributed by atoms with Crippen LogP contribution in [0.1, 0.15) is 22.5 Å². The lowest BCUT2D eigenvalue weighted by Crippen LogP contribution is -2.36. The van der Waals surface area contributed by atoms with Crippen LogP contribution in [-0.4, -0.2) is 21.7 Å². The number of hydrogen-bond donors (Lipinski definition) is 2. The maximum Gasteiger partial charge on any atom is 0.269 e. The molecular formula is C18H11BrN2O6. The van der Waals surface area contributed by atoms with Gasteiger partial charge >= 0.3 is 0 Å². The molecular weight excluding hydrogens is 420 g/mol. The van der Waals surface area contributed by atoms with E-state index in [4.69, 9.17) is 4.42 Å². The van der Waals surface area contributed by atoms with Crippen molar-refractivity contribution in [2.45, 2.75) is 12.0 Å². The summed E-state index contributed by atoms with van der Waals surface area (Å²) >= 11 is 3.33. The number of halogens is 1. The van der Waals surface area contributed by atoms with E-state index in [-0.39, 0.29) is 22.7 Å². The van der Waals surface area contributed by atoms with Crippen molar-refractivity contribution in [3.05, 3.63) is 68.4 Å². The minimum Gasteiger partial charge on any atom is -0.453 e. The normalized spacial score (nSPS) is 18.4. The van der Waals surface area contributed by atoms with Gasteiger partial charge in [0.15, 0.2) is 11.4 Å². The molecule has 3 aromatic rings. The van der Waals surface area contributed by atoms with Crippen LogP contribution in [-0.2, 0) is 10.4 Å². The summed E-state index contributed by atoms with van der Waals surface area (Å²) in [4.78, 5) is 35.3. The Hall–Kier alpha value is -3.04. The molecule has 1 atom stereocenters. The molecule has 1 aliphatic heterocycles. The Morgan fingerprint density at radius 1 is 1.26 bits per heavy atom. The van der Waals surface area contributed by atoms with Crippen LogP contribution < -0.4 is 5.32 Å². The van der Waals surface area contributed by atoms with E-state index in [0.717, 1.165) is 10.5 Å². The summed E-state index contributed by atoms with van der Waals surface area (Å²) in [7, 11) is 0. The van der Waals surface area contributed by atoms with Gasteiger partial charge in [-0.15, -0.1) is 0 Å². The second kappa shape index (κ2) is 6.00. The van der Waals surface area contributed by atoms with Gasteiger partial charge in [0.2, 0.25) is 5.78 Å². The fourth-order valence-corrected chi connectivity index (χ4v) is 3.47. The number of rotatable bonds is 4. The van der Waals surface area contributed by atoms with Crippen LogP contribution >= 0.6 is 15.9 Å². The zero-order valence-corrected chi connectivity index (χ0v) is 15.1. The maximum absolute atomic E-state index is 12.7. The molecule has 0 spiro atoms. The van der Waals surface area contributed by atoms with Gasteiger partial charge in [0.25, 0.3) is 11.6 Å². The van der Waals surface area contributed by atoms with Gasteiger partial charge in [-0.25, -0.2) is 0 Å². The van der Waals surface area contributed by atoms with E-state index in [2.05, 4.69) is 21.2 Å². The lowest BCUT2D eigenvalue weighted by atomic mass is 9.89. The third kappa shape index (κ3) is 2.81. The number of anilines is 1. The number of nitrogens with zero attached hydrogens (tertiary/aromatic N) is 1. The SMILES string of the molecule is O=C(CC1(O)C(=O)Nc2ccc([N+](=O)[O-])cc21)c1cc2cc(Br)ccc2o1. The predicted octanol–water partition coefficient (Wildman–Crippen LogP) is 3.52. The van der Waals surface area contributed by atoms with Gasteiger partial charge < -0.3 is 14.8 Å². The Bertz CT molecular complexity index is 1140. The molecule has 8 nitrogen and oxygen atoms in total. The summed E-state index contributed by atoms with van der Waals surface area (Å²) < 4.78 is 6.31. The van der Waals surface area contributed by atoms with Crippen molar-refractivity contribution in [1.29, 1.82) is 0 Å². The minimum atomic E-state index is -2.21. The second-order valence-electron chi connectivity index (χ2n) is 6.19. The molecule has 0 aliphatic carbocycles. The van der Waals surface area contributed by atoms with Crippen LogP contribution in [0.15, 0.2) is 51.4 Å². The number of carbonyl (C=O) groups excluding carboxylic acids is 2. The number of ketones is 1. The minimum absolute atomic E-state index is 0.00564. The van der Waals surface area contributed by atoms with Crippen LogP contribution in [0.2, 0.25) is 0 Å². The molecule has 1 aliphatic rings. The average Bonchev–Trinajstić information content (AvgIpc) is 3.14. The Balaban J connectivity index is 1.70. The number of amides is 1. The van der Waals surface area contributed by atoms with E-state index in [0.29, 0.717) is 11.0 Å². The molecule has 1 aromatic heterocycles. The van der Waals surface area contributed by atoms with Crippen molar-refractivity contribution in [1.82, 2.24) is 0 Å². The molecule has 1 amide bonds. The van der Waals surface area contributed by atoms with Gasteiger partial charge in [-0.2, -0.15) is 0 Å². The van der Waals surface area contributed by atoms with E-state index in [1.807, 2.05) is 0 Å². The molecule has 2 aromatic carbocycles. The third-order valence-electron chi connectivity index (χ3n) is 4.45. The van der Waals surface area contributed by atoms with E-state index >= 15 is 0 Å². The summed E-state index contributed by atoms with van der Waals surface area (Å²) in [6.45, 7) is 0. The van der Waals surface area contributed by atoms with E-state index in [1.165, 1.54) is 18.2 Å². The first kappa shape index (κ1) is 17.4. The second-order valence-corrected chi connectivity index (χ2v) is 7.11. The van der Waals surface area contributed by atoms with Crippen LogP contribution in [0.3, 0.4) is 0 Å². The Morgan fingerprint density at radius 2 is 2.04 bits per heavy atom. The Labute approximate surface area is 160 Å². The fraction of sp³-hybridized carbons (Fsp3) is 0.111. The first-order chi connectivity index (χ1) is 12.8. The molecule has 0 saturated carbocycles. The zero-order chi connectivity index (χ0) is 19.3. The number of aliphatic hydroxyl groups is 1. The largest absolute Gasteiger partial charge is 0.453 e. The first-order valence-electron chi connectivity index (χ1n) is 7.83. The number of fused-ring (bicyclic) bond motifs is 2. The van der Waals surface area contributed by atoms with Crippen molar-refractivity contribution >= 4 is 50.0 Å². The fourth-order valence-electron chi connectivity index (χ4n) is 3.09. The van der Waals surface area contributed by atoms with Crippen LogP contribution in [0.4, 0.5) is 11.4 Å². The van der Waals surface area contributed by atoms with Gasteiger partial charge in [0.05, 0.1) is 11.3 Å². The van der Waals surface area contributed by atoms with Crippen LogP contribution in [0, 0.1) is 10.1 Å². The van der Waals surface area contributed by atoms with E-state index < -0.39 is 28.6 Å². The summed E-state index contributed by atoms with van der Waals surface area (Å²) in [6, 6.07) is 10.4. The highest BCUT2D eigenvalue weighted by atomic mass is 79.9. The number of non-ortho nitro benzene ring substituents is 1. The summed E-state index contributed by atoms with van der Waals surface area (Å²) in [5, 5.41) is 25.0. The van der Waals surface area contributed by atoms with Crippen molar-refractivity contribution in [3.8, 4) is 0 Å².